The van der Waals surface area contributed by atoms with Gasteiger partial charge in [0.1, 0.15) is 0 Å². The Bertz CT molecular complexity index is 393. The fraction of sp³-hybridized carbons (Fsp3) is 0.900. The highest BCUT2D eigenvalue weighted by Gasteiger charge is 2.09. The predicted molar refractivity (Wildman–Crippen MR) is 115 cm³/mol. The third-order valence-corrected chi connectivity index (χ3v) is 4.11. The number of aliphatic hydroxyl groups excluding tert-OH is 2. The maximum atomic E-state index is 11.9. The van der Waals surface area contributed by atoms with E-state index in [1.807, 2.05) is 6.92 Å². The second-order valence-corrected chi connectivity index (χ2v) is 6.53. The molecule has 0 saturated carbocycles. The molecular weight excluding hydrogens is 410 g/mol. The summed E-state index contributed by atoms with van der Waals surface area (Å²) in [6.07, 6.45) is 0.725. The molecule has 0 aromatic rings. The van der Waals surface area contributed by atoms with Gasteiger partial charge in [0, 0.05) is 39.0 Å². The number of carbonyl (C=O) groups is 2. The van der Waals surface area contributed by atoms with Crippen molar-refractivity contribution >= 4 is 11.8 Å². The Morgan fingerprint density at radius 2 is 1.06 bits per heavy atom. The normalized spacial score (nSPS) is 11.1. The van der Waals surface area contributed by atoms with Gasteiger partial charge in [-0.1, -0.05) is 6.92 Å². The van der Waals surface area contributed by atoms with Crippen molar-refractivity contribution < 1.29 is 38.7 Å². The molecule has 0 unspecified atom stereocenters. The van der Waals surface area contributed by atoms with Gasteiger partial charge in [-0.3, -0.25) is 9.59 Å². The summed E-state index contributed by atoms with van der Waals surface area (Å²) in [6, 6.07) is 0. The Kier molecular flexibility index (Phi) is 22.3. The fourth-order valence-corrected chi connectivity index (χ4v) is 2.42. The van der Waals surface area contributed by atoms with Crippen LogP contribution in [-0.4, -0.2) is 126 Å². The van der Waals surface area contributed by atoms with E-state index in [-0.39, 0.29) is 25.0 Å². The van der Waals surface area contributed by atoms with Crippen LogP contribution in [0.2, 0.25) is 0 Å². The van der Waals surface area contributed by atoms with Crippen LogP contribution >= 0.6 is 0 Å². The van der Waals surface area contributed by atoms with Gasteiger partial charge in [0.05, 0.1) is 66.1 Å². The number of nitrogens with one attached hydrogen (secondary N) is 2. The van der Waals surface area contributed by atoms with Gasteiger partial charge in [0.25, 0.3) is 0 Å². The summed E-state index contributed by atoms with van der Waals surface area (Å²) in [4.78, 5) is 25.9. The van der Waals surface area contributed by atoms with Gasteiger partial charge >= 0.3 is 0 Å². The van der Waals surface area contributed by atoms with Gasteiger partial charge in [-0.05, 0) is 6.54 Å². The minimum absolute atomic E-state index is 0.00601. The predicted octanol–water partition coefficient (Wildman–Crippen LogP) is -1.63. The molecule has 0 rings (SSSR count). The van der Waals surface area contributed by atoms with Gasteiger partial charge < -0.3 is 44.7 Å². The standard InChI is InChI=1S/C20H41N3O8/c1-2-23(7-3-19(26)21-5-11-28-15-17-30-13-9-24)8-4-20(27)22-6-12-29-16-18-31-14-10-25/h24-25H,2-18H2,1H3,(H,21,26)(H,22,27). The molecule has 0 aliphatic heterocycles. The third kappa shape index (κ3) is 21.7. The zero-order valence-electron chi connectivity index (χ0n) is 18.8. The first-order chi connectivity index (χ1) is 15.1. The number of hydrogen-bond donors (Lipinski definition) is 4. The van der Waals surface area contributed by atoms with Gasteiger partial charge in [0.15, 0.2) is 0 Å². The third-order valence-electron chi connectivity index (χ3n) is 4.11. The van der Waals surface area contributed by atoms with E-state index in [1.165, 1.54) is 0 Å². The Balaban J connectivity index is 3.61. The van der Waals surface area contributed by atoms with Crippen LogP contribution in [0.25, 0.3) is 0 Å². The average molecular weight is 452 g/mol. The molecule has 0 fully saturated rings. The molecule has 0 aromatic carbocycles. The van der Waals surface area contributed by atoms with Crippen molar-refractivity contribution in [2.75, 3.05) is 98.8 Å². The summed E-state index contributed by atoms with van der Waals surface area (Å²) in [7, 11) is 0. The minimum atomic E-state index is -0.0526. The Labute approximate surface area is 185 Å². The molecule has 0 heterocycles. The van der Waals surface area contributed by atoms with Crippen molar-refractivity contribution in [3.63, 3.8) is 0 Å². The second-order valence-electron chi connectivity index (χ2n) is 6.53. The zero-order valence-corrected chi connectivity index (χ0v) is 18.8. The lowest BCUT2D eigenvalue weighted by Gasteiger charge is -2.19. The van der Waals surface area contributed by atoms with E-state index in [9.17, 15) is 9.59 Å². The number of nitrogens with zero attached hydrogens (tertiary/aromatic N) is 1. The summed E-state index contributed by atoms with van der Waals surface area (Å²) < 4.78 is 20.7. The van der Waals surface area contributed by atoms with Crippen LogP contribution in [0.3, 0.4) is 0 Å². The van der Waals surface area contributed by atoms with E-state index < -0.39 is 0 Å². The number of hydrogen-bond acceptors (Lipinski definition) is 9. The summed E-state index contributed by atoms with van der Waals surface area (Å²) in [6.45, 7) is 7.87. The van der Waals surface area contributed by atoms with E-state index in [2.05, 4.69) is 15.5 Å². The first-order valence-electron chi connectivity index (χ1n) is 10.9. The van der Waals surface area contributed by atoms with Crippen LogP contribution in [0.15, 0.2) is 0 Å². The monoisotopic (exact) mass is 451 g/mol. The molecule has 0 bridgehead atoms. The van der Waals surface area contributed by atoms with E-state index in [0.717, 1.165) is 6.54 Å². The average Bonchev–Trinajstić information content (AvgIpc) is 2.77. The summed E-state index contributed by atoms with van der Waals surface area (Å²) in [5.41, 5.74) is 0. The lowest BCUT2D eigenvalue weighted by Crippen LogP contribution is -2.35. The number of aliphatic hydroxyl groups is 2. The van der Waals surface area contributed by atoms with Gasteiger partial charge in [-0.25, -0.2) is 0 Å². The molecule has 11 heteroatoms. The molecule has 0 aliphatic carbocycles. The summed E-state index contributed by atoms with van der Waals surface area (Å²) >= 11 is 0. The van der Waals surface area contributed by atoms with Crippen LogP contribution in [0.5, 0.6) is 0 Å². The van der Waals surface area contributed by atoms with Crippen LogP contribution in [0, 0.1) is 0 Å². The van der Waals surface area contributed by atoms with Crippen molar-refractivity contribution in [3.05, 3.63) is 0 Å². The number of ether oxygens (including phenoxy) is 4. The zero-order chi connectivity index (χ0) is 23.0. The smallest absolute Gasteiger partial charge is 0.221 e. The van der Waals surface area contributed by atoms with Crippen molar-refractivity contribution in [1.29, 1.82) is 0 Å². The number of amides is 2. The maximum absolute atomic E-state index is 11.9. The van der Waals surface area contributed by atoms with Crippen molar-refractivity contribution in [2.45, 2.75) is 19.8 Å². The van der Waals surface area contributed by atoms with Gasteiger partial charge in [-0.2, -0.15) is 0 Å². The second kappa shape index (κ2) is 23.3. The van der Waals surface area contributed by atoms with Crippen molar-refractivity contribution in [3.8, 4) is 0 Å². The lowest BCUT2D eigenvalue weighted by atomic mass is 10.3. The van der Waals surface area contributed by atoms with Crippen LogP contribution in [-0.2, 0) is 28.5 Å². The molecule has 0 radical (unpaired) electrons. The lowest BCUT2D eigenvalue weighted by molar-refractivity contribution is -0.121. The number of carbonyl (C=O) groups excluding carboxylic acids is 2. The van der Waals surface area contributed by atoms with E-state index in [4.69, 9.17) is 29.2 Å². The minimum Gasteiger partial charge on any atom is -0.394 e. The molecule has 0 saturated heterocycles. The highest BCUT2D eigenvalue weighted by molar-refractivity contribution is 5.76. The number of rotatable bonds is 23. The molecule has 11 nitrogen and oxygen atoms in total. The maximum Gasteiger partial charge on any atom is 0.221 e. The Morgan fingerprint density at radius 1 is 0.677 bits per heavy atom. The first-order valence-corrected chi connectivity index (χ1v) is 10.9. The molecule has 0 spiro atoms. The molecule has 0 aromatic heterocycles. The molecule has 4 N–H and O–H groups in total. The van der Waals surface area contributed by atoms with Crippen LogP contribution in [0.4, 0.5) is 0 Å². The van der Waals surface area contributed by atoms with Crippen LogP contribution in [0.1, 0.15) is 19.8 Å². The highest BCUT2D eigenvalue weighted by Crippen LogP contribution is 1.95. The SMILES string of the molecule is CCN(CCC(=O)NCCOCCOCCO)CCC(=O)NCCOCCOCCO. The Morgan fingerprint density at radius 3 is 1.42 bits per heavy atom. The quantitative estimate of drug-likeness (QED) is 0.135. The largest absolute Gasteiger partial charge is 0.394 e. The molecule has 0 atom stereocenters. The van der Waals surface area contributed by atoms with Gasteiger partial charge in [-0.15, -0.1) is 0 Å². The highest BCUT2D eigenvalue weighted by atomic mass is 16.5. The van der Waals surface area contributed by atoms with E-state index >= 15 is 0 Å². The molecule has 184 valence electrons. The molecule has 2 amide bonds. The van der Waals surface area contributed by atoms with E-state index in [0.29, 0.717) is 91.9 Å². The van der Waals surface area contributed by atoms with Crippen molar-refractivity contribution in [1.82, 2.24) is 15.5 Å². The summed E-state index contributed by atoms with van der Waals surface area (Å²) in [5.74, 6) is -0.105. The molecule has 0 aliphatic rings. The summed E-state index contributed by atoms with van der Waals surface area (Å²) in [5, 5.41) is 22.7. The topological polar surface area (TPSA) is 139 Å². The molecule has 31 heavy (non-hydrogen) atoms. The first kappa shape index (κ1) is 29.7. The van der Waals surface area contributed by atoms with Gasteiger partial charge in [0.2, 0.25) is 11.8 Å². The van der Waals surface area contributed by atoms with Crippen molar-refractivity contribution in [2.24, 2.45) is 0 Å². The van der Waals surface area contributed by atoms with Crippen LogP contribution < -0.4 is 10.6 Å². The molecular formula is C20H41N3O8. The van der Waals surface area contributed by atoms with E-state index in [1.54, 1.807) is 0 Å². The fourth-order valence-electron chi connectivity index (χ4n) is 2.42. The Hall–Kier alpha value is -1.34.